The van der Waals surface area contributed by atoms with Gasteiger partial charge in [-0.3, -0.25) is 0 Å². The summed E-state index contributed by atoms with van der Waals surface area (Å²) in [5.41, 5.74) is 2.67. The van der Waals surface area contributed by atoms with Crippen molar-refractivity contribution in [3.8, 4) is 6.07 Å². The summed E-state index contributed by atoms with van der Waals surface area (Å²) in [5, 5.41) is 11.8. The van der Waals surface area contributed by atoms with Gasteiger partial charge in [-0.05, 0) is 0 Å². The van der Waals surface area contributed by atoms with E-state index < -0.39 is 0 Å². The number of hydrazone groups is 1. The standard InChI is InChI=1S/C4H5N3/c5-1-4-2-6-7-3-4/h2,4,7H,3H2. The van der Waals surface area contributed by atoms with Gasteiger partial charge in [-0.25, -0.2) is 0 Å². The van der Waals surface area contributed by atoms with Crippen molar-refractivity contribution in [1.82, 2.24) is 5.43 Å². The summed E-state index contributed by atoms with van der Waals surface area (Å²) in [4.78, 5) is 0. The van der Waals surface area contributed by atoms with Crippen LogP contribution in [-0.4, -0.2) is 12.8 Å². The maximum atomic E-state index is 8.18. The minimum atomic E-state index is -0.000000000000000444. The van der Waals surface area contributed by atoms with Crippen molar-refractivity contribution in [2.45, 2.75) is 0 Å². The minimum Gasteiger partial charge on any atom is -0.309 e. The Morgan fingerprint density at radius 3 is 3.14 bits per heavy atom. The van der Waals surface area contributed by atoms with E-state index in [0.29, 0.717) is 6.54 Å². The first-order valence-corrected chi connectivity index (χ1v) is 2.09. The van der Waals surface area contributed by atoms with Gasteiger partial charge >= 0.3 is 0 Å². The summed E-state index contributed by atoms with van der Waals surface area (Å²) < 4.78 is 0. The fourth-order valence-corrected chi connectivity index (χ4v) is 0.425. The third kappa shape index (κ3) is 0.686. The summed E-state index contributed by atoms with van der Waals surface area (Å²) >= 11 is 0. The van der Waals surface area contributed by atoms with Gasteiger partial charge in [-0.15, -0.1) is 0 Å². The molecule has 0 saturated carbocycles. The maximum Gasteiger partial charge on any atom is 0.102 e. The average molecular weight is 95.1 g/mol. The predicted octanol–water partition coefficient (Wildman–Crippen LogP) is -0.285. The van der Waals surface area contributed by atoms with Crippen LogP contribution >= 0.6 is 0 Å². The van der Waals surface area contributed by atoms with Crippen LogP contribution in [-0.2, 0) is 0 Å². The second kappa shape index (κ2) is 1.61. The molecule has 3 nitrogen and oxygen atoms in total. The number of nitrogens with one attached hydrogen (secondary N) is 1. The van der Waals surface area contributed by atoms with Crippen LogP contribution in [0.2, 0.25) is 0 Å². The smallest absolute Gasteiger partial charge is 0.102 e. The Morgan fingerprint density at radius 1 is 2.00 bits per heavy atom. The van der Waals surface area contributed by atoms with Gasteiger partial charge in [0, 0.05) is 6.21 Å². The number of nitrogens with zero attached hydrogens (tertiary/aromatic N) is 2. The molecule has 0 bridgehead atoms. The molecule has 1 aliphatic rings. The molecule has 0 amide bonds. The van der Waals surface area contributed by atoms with Crippen molar-refractivity contribution >= 4 is 6.21 Å². The monoisotopic (exact) mass is 95.0 g/mol. The molecule has 0 aliphatic carbocycles. The zero-order chi connectivity index (χ0) is 5.11. The Hall–Kier alpha value is -1.04. The van der Waals surface area contributed by atoms with E-state index in [1.165, 1.54) is 0 Å². The van der Waals surface area contributed by atoms with Gasteiger partial charge in [0.15, 0.2) is 0 Å². The largest absolute Gasteiger partial charge is 0.309 e. The molecule has 1 rings (SSSR count). The first-order chi connectivity index (χ1) is 3.43. The van der Waals surface area contributed by atoms with E-state index in [9.17, 15) is 0 Å². The Morgan fingerprint density at radius 2 is 2.86 bits per heavy atom. The topological polar surface area (TPSA) is 48.2 Å². The molecule has 0 aromatic carbocycles. The predicted molar refractivity (Wildman–Crippen MR) is 25.6 cm³/mol. The van der Waals surface area contributed by atoms with Crippen molar-refractivity contribution in [3.05, 3.63) is 0 Å². The van der Waals surface area contributed by atoms with Crippen molar-refractivity contribution in [2.24, 2.45) is 11.0 Å². The fourth-order valence-electron chi connectivity index (χ4n) is 0.425. The SMILES string of the molecule is N#CC1C=NNC1. The lowest BCUT2D eigenvalue weighted by Gasteiger charge is -1.85. The van der Waals surface area contributed by atoms with Crippen LogP contribution in [0.5, 0.6) is 0 Å². The quantitative estimate of drug-likeness (QED) is 0.449. The lowest BCUT2D eigenvalue weighted by Crippen LogP contribution is -2.06. The van der Waals surface area contributed by atoms with E-state index in [2.05, 4.69) is 16.6 Å². The maximum absolute atomic E-state index is 8.18. The molecular weight excluding hydrogens is 90.1 g/mol. The highest BCUT2D eigenvalue weighted by atomic mass is 15.3. The molecule has 0 saturated heterocycles. The van der Waals surface area contributed by atoms with Crippen LogP contribution in [0, 0.1) is 17.2 Å². The Kier molecular flexibility index (Phi) is 0.947. The van der Waals surface area contributed by atoms with Crippen LogP contribution in [0.15, 0.2) is 5.10 Å². The highest BCUT2D eigenvalue weighted by Gasteiger charge is 2.05. The number of rotatable bonds is 0. The number of hydrogen-bond donors (Lipinski definition) is 1. The number of nitriles is 1. The Balaban J connectivity index is 2.47. The van der Waals surface area contributed by atoms with Gasteiger partial charge in [0.25, 0.3) is 0 Å². The van der Waals surface area contributed by atoms with Gasteiger partial charge in [0.2, 0.25) is 0 Å². The third-order valence-corrected chi connectivity index (χ3v) is 0.823. The molecule has 1 N–H and O–H groups in total. The first-order valence-electron chi connectivity index (χ1n) is 2.09. The van der Waals surface area contributed by atoms with Crippen molar-refractivity contribution in [1.29, 1.82) is 5.26 Å². The molecule has 36 valence electrons. The van der Waals surface area contributed by atoms with Crippen molar-refractivity contribution < 1.29 is 0 Å². The number of hydrogen-bond acceptors (Lipinski definition) is 3. The third-order valence-electron chi connectivity index (χ3n) is 0.823. The van der Waals surface area contributed by atoms with Gasteiger partial charge in [-0.2, -0.15) is 10.4 Å². The molecule has 1 heterocycles. The second-order valence-electron chi connectivity index (χ2n) is 1.38. The van der Waals surface area contributed by atoms with Crippen LogP contribution in [0.1, 0.15) is 0 Å². The molecule has 0 aromatic rings. The van der Waals surface area contributed by atoms with E-state index in [1.54, 1.807) is 6.21 Å². The Bertz CT molecular complexity index is 121. The Labute approximate surface area is 41.6 Å². The van der Waals surface area contributed by atoms with E-state index >= 15 is 0 Å². The average Bonchev–Trinajstić information content (AvgIpc) is 2.14. The van der Waals surface area contributed by atoms with Crippen molar-refractivity contribution in [2.75, 3.05) is 6.54 Å². The molecule has 1 aliphatic heterocycles. The highest BCUT2D eigenvalue weighted by molar-refractivity contribution is 5.65. The lowest BCUT2D eigenvalue weighted by atomic mass is 10.2. The molecule has 0 fully saturated rings. The van der Waals surface area contributed by atoms with Crippen LogP contribution in [0.4, 0.5) is 0 Å². The molecule has 0 radical (unpaired) electrons. The second-order valence-corrected chi connectivity index (χ2v) is 1.38. The van der Waals surface area contributed by atoms with Gasteiger partial charge in [0.05, 0.1) is 12.6 Å². The molecule has 1 atom stereocenters. The zero-order valence-electron chi connectivity index (χ0n) is 3.76. The first kappa shape index (κ1) is 4.13. The van der Waals surface area contributed by atoms with Crippen LogP contribution < -0.4 is 5.43 Å². The van der Waals surface area contributed by atoms with E-state index in [4.69, 9.17) is 5.26 Å². The van der Waals surface area contributed by atoms with Crippen molar-refractivity contribution in [3.63, 3.8) is 0 Å². The molecular formula is C4H5N3. The minimum absolute atomic E-state index is 0.000000000000000444. The molecule has 7 heavy (non-hydrogen) atoms. The van der Waals surface area contributed by atoms with Gasteiger partial charge in [-0.1, -0.05) is 0 Å². The van der Waals surface area contributed by atoms with E-state index in [1.807, 2.05) is 0 Å². The zero-order valence-corrected chi connectivity index (χ0v) is 3.76. The lowest BCUT2D eigenvalue weighted by molar-refractivity contribution is 0.756. The summed E-state index contributed by atoms with van der Waals surface area (Å²) in [6.45, 7) is 0.677. The summed E-state index contributed by atoms with van der Waals surface area (Å²) in [7, 11) is 0. The van der Waals surface area contributed by atoms with E-state index in [0.717, 1.165) is 0 Å². The van der Waals surface area contributed by atoms with Crippen LogP contribution in [0.25, 0.3) is 0 Å². The fraction of sp³-hybridized carbons (Fsp3) is 0.500. The molecule has 3 heteroatoms. The molecule has 1 unspecified atom stereocenters. The normalized spacial score (nSPS) is 26.4. The highest BCUT2D eigenvalue weighted by Crippen LogP contribution is 1.91. The van der Waals surface area contributed by atoms with E-state index in [-0.39, 0.29) is 5.92 Å². The summed E-state index contributed by atoms with van der Waals surface area (Å²) in [6.07, 6.45) is 1.61. The summed E-state index contributed by atoms with van der Waals surface area (Å²) in [6, 6.07) is 2.05. The molecule has 0 spiro atoms. The van der Waals surface area contributed by atoms with Gasteiger partial charge in [0.1, 0.15) is 5.92 Å². The summed E-state index contributed by atoms with van der Waals surface area (Å²) in [5.74, 6) is -0.000000000000000444. The van der Waals surface area contributed by atoms with Gasteiger partial charge < -0.3 is 5.43 Å². The van der Waals surface area contributed by atoms with Crippen LogP contribution in [0.3, 0.4) is 0 Å². The molecule has 0 aromatic heterocycles.